The number of amides is 1. The molecule has 0 saturated carbocycles. The summed E-state index contributed by atoms with van der Waals surface area (Å²) >= 11 is 5.98. The van der Waals surface area contributed by atoms with Crippen LogP contribution in [0.4, 0.5) is 5.69 Å². The first kappa shape index (κ1) is 14.6. The summed E-state index contributed by atoms with van der Waals surface area (Å²) in [6.07, 6.45) is 0. The quantitative estimate of drug-likeness (QED) is 0.751. The maximum atomic E-state index is 12.2. The van der Waals surface area contributed by atoms with Gasteiger partial charge >= 0.3 is 7.12 Å². The van der Waals surface area contributed by atoms with E-state index >= 15 is 0 Å². The van der Waals surface area contributed by atoms with E-state index < -0.39 is 13.0 Å². The molecule has 0 aliphatic rings. The fraction of sp³-hybridized carbons (Fsp3) is 0.0714. The van der Waals surface area contributed by atoms with Crippen LogP contribution in [0.3, 0.4) is 0 Å². The normalized spacial score (nSPS) is 10.2. The molecule has 0 saturated heterocycles. The molecule has 0 bridgehead atoms. The van der Waals surface area contributed by atoms with Crippen LogP contribution < -0.4 is 10.8 Å². The Kier molecular flexibility index (Phi) is 4.44. The Balaban J connectivity index is 2.30. The van der Waals surface area contributed by atoms with Crippen molar-refractivity contribution in [1.29, 1.82) is 0 Å². The summed E-state index contributed by atoms with van der Waals surface area (Å²) in [6.45, 7) is 1.88. The highest BCUT2D eigenvalue weighted by atomic mass is 35.5. The van der Waals surface area contributed by atoms with Crippen molar-refractivity contribution in [1.82, 2.24) is 0 Å². The number of hydrogen-bond acceptors (Lipinski definition) is 3. The van der Waals surface area contributed by atoms with Crippen LogP contribution in [0, 0.1) is 6.92 Å². The van der Waals surface area contributed by atoms with Gasteiger partial charge in [0.25, 0.3) is 5.91 Å². The van der Waals surface area contributed by atoms with E-state index in [1.54, 1.807) is 6.07 Å². The van der Waals surface area contributed by atoms with Crippen LogP contribution in [0.1, 0.15) is 15.9 Å². The number of carbonyl (C=O) groups is 1. The van der Waals surface area contributed by atoms with Gasteiger partial charge in [-0.15, -0.1) is 0 Å². The van der Waals surface area contributed by atoms with Gasteiger partial charge in [-0.3, -0.25) is 4.79 Å². The maximum absolute atomic E-state index is 12.2. The van der Waals surface area contributed by atoms with Gasteiger partial charge in [0.1, 0.15) is 0 Å². The molecule has 6 heteroatoms. The molecule has 2 rings (SSSR count). The lowest BCUT2D eigenvalue weighted by atomic mass is 9.79. The Morgan fingerprint density at radius 3 is 2.55 bits per heavy atom. The number of rotatable bonds is 3. The van der Waals surface area contributed by atoms with Gasteiger partial charge in [0.2, 0.25) is 0 Å². The van der Waals surface area contributed by atoms with Crippen LogP contribution in [0.15, 0.2) is 42.5 Å². The minimum Gasteiger partial charge on any atom is -0.423 e. The molecule has 0 aromatic heterocycles. The molecule has 0 atom stereocenters. The molecule has 1 amide bonds. The van der Waals surface area contributed by atoms with Crippen molar-refractivity contribution in [3.63, 3.8) is 0 Å². The van der Waals surface area contributed by atoms with E-state index in [2.05, 4.69) is 5.32 Å². The van der Waals surface area contributed by atoms with Gasteiger partial charge in [0.05, 0.1) is 10.6 Å². The summed E-state index contributed by atoms with van der Waals surface area (Å²) in [5.74, 6) is -0.396. The van der Waals surface area contributed by atoms with Crippen LogP contribution in [0.2, 0.25) is 5.02 Å². The minimum atomic E-state index is -1.64. The number of para-hydroxylation sites is 1. The Hall–Kier alpha value is -1.82. The highest BCUT2D eigenvalue weighted by Crippen LogP contribution is 2.18. The summed E-state index contributed by atoms with van der Waals surface area (Å²) in [4.78, 5) is 12.2. The molecule has 2 aromatic rings. The van der Waals surface area contributed by atoms with E-state index in [0.717, 1.165) is 5.56 Å². The predicted molar refractivity (Wildman–Crippen MR) is 80.4 cm³/mol. The van der Waals surface area contributed by atoms with Crippen LogP contribution >= 0.6 is 11.6 Å². The van der Waals surface area contributed by atoms with Gasteiger partial charge in [-0.05, 0) is 36.1 Å². The molecule has 0 unspecified atom stereocenters. The standard InChI is InChI=1S/C14H13BClNO3/c1-9-4-2-3-5-13(9)17-14(18)11-8-10(15(19)20)6-7-12(11)16/h2-8,19-20H,1H3,(H,17,18). The van der Waals surface area contributed by atoms with Crippen molar-refractivity contribution < 1.29 is 14.8 Å². The highest BCUT2D eigenvalue weighted by Gasteiger charge is 2.17. The predicted octanol–water partition coefficient (Wildman–Crippen LogP) is 1.58. The summed E-state index contributed by atoms with van der Waals surface area (Å²) in [6, 6.07) is 11.6. The van der Waals surface area contributed by atoms with E-state index in [1.807, 2.05) is 25.1 Å². The molecule has 0 heterocycles. The number of benzene rings is 2. The molecule has 3 N–H and O–H groups in total. The van der Waals surface area contributed by atoms with E-state index in [0.29, 0.717) is 5.69 Å². The third-order valence-corrected chi connectivity index (χ3v) is 3.26. The van der Waals surface area contributed by atoms with E-state index in [4.69, 9.17) is 21.6 Å². The van der Waals surface area contributed by atoms with Gasteiger partial charge in [-0.2, -0.15) is 0 Å². The van der Waals surface area contributed by atoms with Crippen molar-refractivity contribution in [2.24, 2.45) is 0 Å². The lowest BCUT2D eigenvalue weighted by Crippen LogP contribution is -2.31. The Labute approximate surface area is 122 Å². The van der Waals surface area contributed by atoms with Crippen molar-refractivity contribution >= 4 is 35.8 Å². The average Bonchev–Trinajstić information content (AvgIpc) is 2.41. The lowest BCUT2D eigenvalue weighted by molar-refractivity contribution is 0.102. The van der Waals surface area contributed by atoms with Gasteiger partial charge in [-0.25, -0.2) is 0 Å². The molecule has 20 heavy (non-hydrogen) atoms. The fourth-order valence-corrected chi connectivity index (χ4v) is 1.98. The topological polar surface area (TPSA) is 69.6 Å². The van der Waals surface area contributed by atoms with Crippen LogP contribution in [-0.4, -0.2) is 23.1 Å². The molecule has 0 radical (unpaired) electrons. The first-order valence-electron chi connectivity index (χ1n) is 6.01. The number of halogens is 1. The first-order valence-corrected chi connectivity index (χ1v) is 6.39. The third kappa shape index (κ3) is 3.19. The Morgan fingerprint density at radius 1 is 1.20 bits per heavy atom. The maximum Gasteiger partial charge on any atom is 0.488 e. The second-order valence-corrected chi connectivity index (χ2v) is 4.79. The Bertz CT molecular complexity index is 646. The zero-order valence-electron chi connectivity index (χ0n) is 10.8. The SMILES string of the molecule is Cc1ccccc1NC(=O)c1cc(B(O)O)ccc1Cl. The second-order valence-electron chi connectivity index (χ2n) is 4.38. The number of nitrogens with one attached hydrogen (secondary N) is 1. The smallest absolute Gasteiger partial charge is 0.423 e. The summed E-state index contributed by atoms with van der Waals surface area (Å²) in [5, 5.41) is 21.3. The molecular weight excluding hydrogens is 276 g/mol. The molecule has 4 nitrogen and oxygen atoms in total. The fourth-order valence-electron chi connectivity index (χ4n) is 1.78. The average molecular weight is 290 g/mol. The third-order valence-electron chi connectivity index (χ3n) is 2.93. The number of hydrogen-bond donors (Lipinski definition) is 3. The van der Waals surface area contributed by atoms with E-state index in [-0.39, 0.29) is 16.0 Å². The van der Waals surface area contributed by atoms with Crippen LogP contribution in [0.25, 0.3) is 0 Å². The van der Waals surface area contributed by atoms with Gasteiger partial charge in [0.15, 0.2) is 0 Å². The summed E-state index contributed by atoms with van der Waals surface area (Å²) in [5.41, 5.74) is 2.02. The van der Waals surface area contributed by atoms with Crippen molar-refractivity contribution in [3.05, 3.63) is 58.6 Å². The molecule has 0 aliphatic carbocycles. The van der Waals surface area contributed by atoms with Crippen molar-refractivity contribution in [2.45, 2.75) is 6.92 Å². The van der Waals surface area contributed by atoms with Gasteiger partial charge in [-0.1, -0.05) is 35.9 Å². The van der Waals surface area contributed by atoms with Crippen molar-refractivity contribution in [2.75, 3.05) is 5.32 Å². The summed E-state index contributed by atoms with van der Waals surface area (Å²) < 4.78 is 0. The molecular formula is C14H13BClNO3. The monoisotopic (exact) mass is 289 g/mol. The molecule has 102 valence electrons. The second kappa shape index (κ2) is 6.09. The zero-order chi connectivity index (χ0) is 14.7. The Morgan fingerprint density at radius 2 is 1.90 bits per heavy atom. The minimum absolute atomic E-state index is 0.195. The summed E-state index contributed by atoms with van der Waals surface area (Å²) in [7, 11) is -1.64. The van der Waals surface area contributed by atoms with Gasteiger partial charge < -0.3 is 15.4 Å². The largest absolute Gasteiger partial charge is 0.488 e. The molecule has 2 aromatic carbocycles. The number of aryl methyl sites for hydroxylation is 1. The lowest BCUT2D eigenvalue weighted by Gasteiger charge is -2.10. The van der Waals surface area contributed by atoms with Crippen LogP contribution in [0.5, 0.6) is 0 Å². The zero-order valence-corrected chi connectivity index (χ0v) is 11.6. The van der Waals surface area contributed by atoms with E-state index in [1.165, 1.54) is 18.2 Å². The molecule has 0 aliphatic heterocycles. The first-order chi connectivity index (χ1) is 9.49. The highest BCUT2D eigenvalue weighted by molar-refractivity contribution is 6.59. The van der Waals surface area contributed by atoms with Crippen molar-refractivity contribution in [3.8, 4) is 0 Å². The van der Waals surface area contributed by atoms with Crippen LogP contribution in [-0.2, 0) is 0 Å². The number of anilines is 1. The molecule has 0 spiro atoms. The van der Waals surface area contributed by atoms with Gasteiger partial charge in [0, 0.05) is 5.69 Å². The number of carbonyl (C=O) groups excluding carboxylic acids is 1. The van der Waals surface area contributed by atoms with E-state index in [9.17, 15) is 4.79 Å². The molecule has 0 fully saturated rings.